The maximum absolute atomic E-state index is 12.2. The van der Waals surface area contributed by atoms with E-state index >= 15 is 0 Å². The highest BCUT2D eigenvalue weighted by atomic mass is 16.5. The Kier molecular flexibility index (Phi) is 5.09. The molecule has 0 fully saturated rings. The van der Waals surface area contributed by atoms with Crippen LogP contribution < -0.4 is 0 Å². The first kappa shape index (κ1) is 15.5. The number of hydrogen-bond acceptors (Lipinski definition) is 4. The Morgan fingerprint density at radius 3 is 1.73 bits per heavy atom. The van der Waals surface area contributed by atoms with Gasteiger partial charge in [0.2, 0.25) is 0 Å². The van der Waals surface area contributed by atoms with Gasteiger partial charge in [-0.05, 0) is 17.5 Å². The van der Waals surface area contributed by atoms with Crippen LogP contribution in [0.15, 0.2) is 61.7 Å². The molecule has 22 heavy (non-hydrogen) atoms. The van der Waals surface area contributed by atoms with Crippen LogP contribution in [0.3, 0.4) is 0 Å². The summed E-state index contributed by atoms with van der Waals surface area (Å²) in [6, 6.07) is 10.4. The molecular formula is C18H16O4. The summed E-state index contributed by atoms with van der Waals surface area (Å²) in [7, 11) is 0. The van der Waals surface area contributed by atoms with E-state index in [-0.39, 0.29) is 13.2 Å². The summed E-state index contributed by atoms with van der Waals surface area (Å²) in [6.07, 6.45) is 2.98. The van der Waals surface area contributed by atoms with E-state index in [1.165, 1.54) is 12.2 Å². The van der Waals surface area contributed by atoms with E-state index in [2.05, 4.69) is 13.2 Å². The van der Waals surface area contributed by atoms with E-state index in [0.717, 1.165) is 5.39 Å². The van der Waals surface area contributed by atoms with Gasteiger partial charge in [0.05, 0.1) is 11.1 Å². The van der Waals surface area contributed by atoms with Gasteiger partial charge in [-0.1, -0.05) is 49.6 Å². The smallest absolute Gasteiger partial charge is 0.339 e. The molecule has 0 amide bonds. The molecule has 4 heteroatoms. The maximum atomic E-state index is 12.2. The number of benzene rings is 2. The Labute approximate surface area is 128 Å². The maximum Gasteiger partial charge on any atom is 0.339 e. The van der Waals surface area contributed by atoms with Crippen molar-refractivity contribution in [3.63, 3.8) is 0 Å². The van der Waals surface area contributed by atoms with Gasteiger partial charge in [-0.25, -0.2) is 9.59 Å². The fourth-order valence-electron chi connectivity index (χ4n) is 2.11. The second kappa shape index (κ2) is 7.22. The Morgan fingerprint density at radius 2 is 1.32 bits per heavy atom. The number of ether oxygens (including phenoxy) is 2. The van der Waals surface area contributed by atoms with Crippen molar-refractivity contribution in [1.29, 1.82) is 0 Å². The van der Waals surface area contributed by atoms with Gasteiger partial charge in [0.15, 0.2) is 0 Å². The van der Waals surface area contributed by atoms with Gasteiger partial charge >= 0.3 is 11.9 Å². The third-order valence-electron chi connectivity index (χ3n) is 3.01. The van der Waals surface area contributed by atoms with Crippen molar-refractivity contribution >= 4 is 22.7 Å². The van der Waals surface area contributed by atoms with Crippen molar-refractivity contribution < 1.29 is 19.1 Å². The number of rotatable bonds is 6. The molecule has 2 rings (SSSR count). The normalized spacial score (nSPS) is 10.0. The molecule has 0 saturated heterocycles. The largest absolute Gasteiger partial charge is 0.458 e. The molecule has 0 aliphatic heterocycles. The summed E-state index contributed by atoms with van der Waals surface area (Å²) in [5.74, 6) is -1.01. The zero-order chi connectivity index (χ0) is 15.9. The van der Waals surface area contributed by atoms with Crippen molar-refractivity contribution in [2.75, 3.05) is 13.2 Å². The molecule has 4 nitrogen and oxygen atoms in total. The molecule has 0 unspecified atom stereocenters. The second-order valence-corrected chi connectivity index (χ2v) is 4.48. The fourth-order valence-corrected chi connectivity index (χ4v) is 2.11. The van der Waals surface area contributed by atoms with Crippen LogP contribution in [0.5, 0.6) is 0 Å². The lowest BCUT2D eigenvalue weighted by atomic mass is 9.99. The third kappa shape index (κ3) is 3.23. The summed E-state index contributed by atoms with van der Waals surface area (Å²) in [5, 5.41) is 1.29. The molecular weight excluding hydrogens is 280 g/mol. The molecule has 0 spiro atoms. The third-order valence-corrected chi connectivity index (χ3v) is 3.01. The molecule has 2 aromatic carbocycles. The van der Waals surface area contributed by atoms with Crippen molar-refractivity contribution in [1.82, 2.24) is 0 Å². The summed E-state index contributed by atoms with van der Waals surface area (Å²) < 4.78 is 10.2. The molecule has 0 atom stereocenters. The highest BCUT2D eigenvalue weighted by molar-refractivity contribution is 6.13. The molecule has 112 valence electrons. The standard InChI is InChI=1S/C18H16O4/c1-3-11-21-17(19)14-9-5-7-13-8-6-10-15(16(13)14)18(20)22-12-4-2/h3-10H,1-2,11-12H2. The molecule has 0 bridgehead atoms. The predicted octanol–water partition coefficient (Wildman–Crippen LogP) is 3.53. The Balaban J connectivity index is 2.53. The first-order valence-electron chi connectivity index (χ1n) is 6.76. The monoisotopic (exact) mass is 296 g/mol. The average Bonchev–Trinajstić information content (AvgIpc) is 2.56. The van der Waals surface area contributed by atoms with Crippen LogP contribution in [0.25, 0.3) is 10.8 Å². The summed E-state index contributed by atoms with van der Waals surface area (Å²) in [5.41, 5.74) is 0.649. The second-order valence-electron chi connectivity index (χ2n) is 4.48. The Morgan fingerprint density at radius 1 is 0.864 bits per heavy atom. The van der Waals surface area contributed by atoms with Gasteiger partial charge in [-0.3, -0.25) is 0 Å². The van der Waals surface area contributed by atoms with Crippen LogP contribution in [-0.2, 0) is 9.47 Å². The lowest BCUT2D eigenvalue weighted by Crippen LogP contribution is -2.10. The fraction of sp³-hybridized carbons (Fsp3) is 0.111. The summed E-state index contributed by atoms with van der Waals surface area (Å²) in [6.45, 7) is 7.23. The van der Waals surface area contributed by atoms with Gasteiger partial charge in [0.1, 0.15) is 13.2 Å². The summed E-state index contributed by atoms with van der Waals surface area (Å²) >= 11 is 0. The van der Waals surface area contributed by atoms with Gasteiger partial charge in [-0.2, -0.15) is 0 Å². The van der Waals surface area contributed by atoms with E-state index in [1.54, 1.807) is 24.3 Å². The van der Waals surface area contributed by atoms with Crippen LogP contribution >= 0.6 is 0 Å². The molecule has 0 aromatic heterocycles. The highest BCUT2D eigenvalue weighted by Gasteiger charge is 2.18. The van der Waals surface area contributed by atoms with Crippen LogP contribution in [0, 0.1) is 0 Å². The number of hydrogen-bond donors (Lipinski definition) is 0. The molecule has 0 N–H and O–H groups in total. The molecule has 0 saturated carbocycles. The van der Waals surface area contributed by atoms with Crippen LogP contribution in [0.2, 0.25) is 0 Å². The minimum Gasteiger partial charge on any atom is -0.458 e. The highest BCUT2D eigenvalue weighted by Crippen LogP contribution is 2.24. The lowest BCUT2D eigenvalue weighted by Gasteiger charge is -2.10. The number of carbonyl (C=O) groups excluding carboxylic acids is 2. The lowest BCUT2D eigenvalue weighted by molar-refractivity contribution is 0.0550. The van der Waals surface area contributed by atoms with E-state index in [9.17, 15) is 9.59 Å². The molecule has 0 heterocycles. The van der Waals surface area contributed by atoms with Crippen molar-refractivity contribution in [3.8, 4) is 0 Å². The van der Waals surface area contributed by atoms with Crippen LogP contribution in [0.4, 0.5) is 0 Å². The van der Waals surface area contributed by atoms with Crippen LogP contribution in [-0.4, -0.2) is 25.2 Å². The van der Waals surface area contributed by atoms with E-state index in [1.807, 2.05) is 12.1 Å². The zero-order valence-corrected chi connectivity index (χ0v) is 12.1. The van der Waals surface area contributed by atoms with Crippen molar-refractivity contribution in [2.24, 2.45) is 0 Å². The number of fused-ring (bicyclic) bond motifs is 1. The topological polar surface area (TPSA) is 52.6 Å². The molecule has 2 aromatic rings. The summed E-state index contributed by atoms with van der Waals surface area (Å²) in [4.78, 5) is 24.3. The van der Waals surface area contributed by atoms with Crippen molar-refractivity contribution in [3.05, 3.63) is 72.8 Å². The minimum absolute atomic E-state index is 0.109. The van der Waals surface area contributed by atoms with E-state index < -0.39 is 11.9 Å². The first-order chi connectivity index (χ1) is 10.7. The van der Waals surface area contributed by atoms with Crippen LogP contribution in [0.1, 0.15) is 20.7 Å². The quantitative estimate of drug-likeness (QED) is 0.604. The predicted molar refractivity (Wildman–Crippen MR) is 84.9 cm³/mol. The number of esters is 2. The Hall–Kier alpha value is -2.88. The SMILES string of the molecule is C=CCOC(=O)c1cccc2cccc(C(=O)OCC=C)c12. The van der Waals surface area contributed by atoms with Crippen molar-refractivity contribution in [2.45, 2.75) is 0 Å². The van der Waals surface area contributed by atoms with Gasteiger partial charge < -0.3 is 9.47 Å². The first-order valence-corrected chi connectivity index (χ1v) is 6.76. The van der Waals surface area contributed by atoms with Gasteiger partial charge in [0, 0.05) is 5.39 Å². The zero-order valence-electron chi connectivity index (χ0n) is 12.1. The average molecular weight is 296 g/mol. The molecule has 0 aliphatic carbocycles. The van der Waals surface area contributed by atoms with E-state index in [0.29, 0.717) is 16.5 Å². The minimum atomic E-state index is -0.505. The van der Waals surface area contributed by atoms with Gasteiger partial charge in [0.25, 0.3) is 0 Å². The van der Waals surface area contributed by atoms with Gasteiger partial charge in [-0.15, -0.1) is 0 Å². The Bertz CT molecular complexity index is 672. The number of carbonyl (C=O) groups is 2. The molecule has 0 radical (unpaired) electrons. The molecule has 0 aliphatic rings. The van der Waals surface area contributed by atoms with E-state index in [4.69, 9.17) is 9.47 Å².